The van der Waals surface area contributed by atoms with Crippen molar-refractivity contribution in [2.24, 2.45) is 0 Å². The summed E-state index contributed by atoms with van der Waals surface area (Å²) >= 11 is 0. The Morgan fingerprint density at radius 1 is 0.800 bits per heavy atom. The van der Waals surface area contributed by atoms with Crippen molar-refractivity contribution in [3.8, 4) is 0 Å². The van der Waals surface area contributed by atoms with Gasteiger partial charge in [0, 0.05) is 28.3 Å². The van der Waals surface area contributed by atoms with Crippen LogP contribution in [0.2, 0.25) is 0 Å². The van der Waals surface area contributed by atoms with Gasteiger partial charge in [0.05, 0.1) is 0 Å². The molecule has 2 fully saturated rings. The van der Waals surface area contributed by atoms with Crippen molar-refractivity contribution in [2.45, 2.75) is 75.5 Å². The quantitative estimate of drug-likeness (QED) is 0.542. The average Bonchev–Trinajstić information content (AvgIpc) is 2.64. The maximum absolute atomic E-state index is 12.4. The second kappa shape index (κ2) is 10.3. The fraction of sp³-hybridized carbons (Fsp3) is 0.778. The minimum Gasteiger partial charge on any atom is -0.655 e. The molecule has 2 aliphatic heterocycles. The van der Waals surface area contributed by atoms with Gasteiger partial charge in [-0.15, -0.1) is 31.2 Å². The van der Waals surface area contributed by atoms with Crippen LogP contribution >= 0.6 is 0 Å². The number of hydrogen-bond donors (Lipinski definition) is 0. The number of amides is 2. The Morgan fingerprint density at radius 2 is 1.44 bits per heavy atom. The van der Waals surface area contributed by atoms with Gasteiger partial charge in [-0.2, -0.15) is 0 Å². The van der Waals surface area contributed by atoms with E-state index in [1.807, 2.05) is 12.2 Å². The first-order valence-electron chi connectivity index (χ1n) is 9.21. The van der Waals surface area contributed by atoms with Crippen molar-refractivity contribution in [3.05, 3.63) is 33.4 Å². The van der Waals surface area contributed by atoms with Gasteiger partial charge in [0.1, 0.15) is 0 Å². The Labute approximate surface area is 160 Å². The van der Waals surface area contributed by atoms with Gasteiger partial charge in [0.15, 0.2) is 0 Å². The van der Waals surface area contributed by atoms with Gasteiger partial charge in [-0.3, -0.25) is 0 Å². The van der Waals surface area contributed by atoms with Gasteiger partial charge in [-0.25, -0.2) is 0 Å². The number of carbonyl (C=O) groups is 2. The van der Waals surface area contributed by atoms with Crippen molar-refractivity contribution in [3.63, 3.8) is 0 Å². The monoisotopic (exact) mass is 388 g/mol. The van der Waals surface area contributed by atoms with Crippen molar-refractivity contribution in [2.75, 3.05) is 13.1 Å². The van der Waals surface area contributed by atoms with E-state index in [-0.39, 0.29) is 52.5 Å². The summed E-state index contributed by atoms with van der Waals surface area (Å²) in [4.78, 5) is 24.7. The number of carbonyl (C=O) groups excluding carboxylic acids is 2. The fourth-order valence-electron chi connectivity index (χ4n) is 3.62. The Bertz CT molecular complexity index is 480. The van der Waals surface area contributed by atoms with Gasteiger partial charge in [0.2, 0.25) is 0 Å². The van der Waals surface area contributed by atoms with E-state index in [0.717, 1.165) is 51.5 Å². The van der Waals surface area contributed by atoms with E-state index >= 15 is 0 Å². The summed E-state index contributed by atoms with van der Waals surface area (Å²) < 4.78 is 0. The van der Waals surface area contributed by atoms with E-state index in [1.165, 1.54) is 0 Å². The molecular weight excluding hydrogens is 363 g/mol. The van der Waals surface area contributed by atoms with Crippen molar-refractivity contribution in [1.82, 2.24) is 0 Å². The first-order chi connectivity index (χ1) is 11.7. The van der Waals surface area contributed by atoms with Crippen LogP contribution in [-0.2, 0) is 26.1 Å². The number of hydrogen-bond acceptors (Lipinski definition) is 2. The summed E-state index contributed by atoms with van der Waals surface area (Å²) in [5.41, 5.74) is 0. The molecule has 3 aliphatic rings. The van der Waals surface area contributed by atoms with Crippen molar-refractivity contribution in [1.29, 1.82) is 0 Å². The molecule has 0 radical (unpaired) electrons. The van der Waals surface area contributed by atoms with Crippen LogP contribution in [0.25, 0.3) is 21.3 Å². The number of piperidine rings is 1. The predicted molar refractivity (Wildman–Crippen MR) is 94.4 cm³/mol. The van der Waals surface area contributed by atoms with Crippen LogP contribution in [0.3, 0.4) is 0 Å². The van der Waals surface area contributed by atoms with Gasteiger partial charge < -0.3 is 30.9 Å². The molecule has 4 unspecified atom stereocenters. The molecular formula is C18H26N4NiO2-4. The molecule has 25 heavy (non-hydrogen) atoms. The molecule has 0 bridgehead atoms. The topological polar surface area (TPSA) is 90.5 Å². The fourth-order valence-corrected chi connectivity index (χ4v) is 3.62. The maximum atomic E-state index is 12.4. The molecule has 0 aromatic rings. The Hall–Kier alpha value is -0.906. The molecule has 3 rings (SSSR count). The van der Waals surface area contributed by atoms with Gasteiger partial charge in [-0.05, 0) is 6.42 Å². The summed E-state index contributed by atoms with van der Waals surface area (Å²) in [6.07, 6.45) is 11.3. The van der Waals surface area contributed by atoms with Crippen LogP contribution in [0.5, 0.6) is 0 Å². The largest absolute Gasteiger partial charge is 0.655 e. The van der Waals surface area contributed by atoms with Crippen LogP contribution < -0.4 is 0 Å². The normalized spacial score (nSPS) is 32.3. The minimum atomic E-state index is -0.346. The molecule has 1 aliphatic carbocycles. The molecule has 0 aromatic heterocycles. The molecule has 6 nitrogen and oxygen atoms in total. The van der Waals surface area contributed by atoms with Gasteiger partial charge in [0.25, 0.3) is 0 Å². The zero-order chi connectivity index (χ0) is 16.8. The van der Waals surface area contributed by atoms with E-state index in [0.29, 0.717) is 13.0 Å². The number of rotatable bonds is 4. The zero-order valence-corrected chi connectivity index (χ0v) is 15.4. The van der Waals surface area contributed by atoms with Crippen LogP contribution in [0, 0.1) is 0 Å². The standard InChI is InChI=1S/C18H28N4O2.Ni/c23-17(15-9-3-5-11-19-15)21-13-7-1-2-8-14(13)22-18(24)16-10-4-6-12-20-16;/h3,5,13-16H,1-2,4,6-12H2,(H2,21,22,23,24);/q-2;/p-2. The molecule has 2 heterocycles. The van der Waals surface area contributed by atoms with Crippen LogP contribution in [0.4, 0.5) is 0 Å². The third-order valence-corrected chi connectivity index (χ3v) is 5.04. The molecule has 0 aromatic carbocycles. The first-order valence-corrected chi connectivity index (χ1v) is 9.21. The summed E-state index contributed by atoms with van der Waals surface area (Å²) in [7, 11) is 0. The van der Waals surface area contributed by atoms with Crippen LogP contribution in [0.15, 0.2) is 12.2 Å². The molecule has 4 atom stereocenters. The summed E-state index contributed by atoms with van der Waals surface area (Å²) in [6.45, 7) is 1.35. The average molecular weight is 389 g/mol. The molecule has 1 saturated carbocycles. The van der Waals surface area contributed by atoms with E-state index in [2.05, 4.69) is 21.3 Å². The van der Waals surface area contributed by atoms with E-state index in [1.54, 1.807) is 0 Å². The zero-order valence-electron chi connectivity index (χ0n) is 14.5. The van der Waals surface area contributed by atoms with Gasteiger partial charge in [-0.1, -0.05) is 63.1 Å². The second-order valence-corrected chi connectivity index (χ2v) is 6.86. The smallest absolute Gasteiger partial charge is 0.0338 e. The minimum absolute atomic E-state index is 0. The molecule has 0 spiro atoms. The van der Waals surface area contributed by atoms with Crippen LogP contribution in [0.1, 0.15) is 51.4 Å². The molecule has 0 N–H and O–H groups in total. The predicted octanol–water partition coefficient (Wildman–Crippen LogP) is 3.72. The SMILES string of the molecule is O=C([N-]C1CCCCC1[N-]C(=O)C1CCCC[N-]1)C1CC=CC[N-]1.[Ni]. The summed E-state index contributed by atoms with van der Waals surface area (Å²) in [6, 6.07) is -0.941. The molecule has 2 amide bonds. The molecule has 1 saturated heterocycles. The summed E-state index contributed by atoms with van der Waals surface area (Å²) in [5, 5.41) is 17.5. The Morgan fingerprint density at radius 3 is 2.00 bits per heavy atom. The van der Waals surface area contributed by atoms with E-state index in [9.17, 15) is 9.59 Å². The second-order valence-electron chi connectivity index (χ2n) is 6.86. The third-order valence-electron chi connectivity index (χ3n) is 5.04. The maximum Gasteiger partial charge on any atom is 0.0338 e. The molecule has 7 heteroatoms. The van der Waals surface area contributed by atoms with E-state index < -0.39 is 0 Å². The van der Waals surface area contributed by atoms with Crippen molar-refractivity contribution < 1.29 is 26.1 Å². The first kappa shape index (κ1) is 20.4. The Balaban J connectivity index is 0.00000225. The Kier molecular flexibility index (Phi) is 8.40. The summed E-state index contributed by atoms with van der Waals surface area (Å²) in [5.74, 6) is -0.263. The number of nitrogens with zero attached hydrogens (tertiary/aromatic N) is 4. The van der Waals surface area contributed by atoms with Gasteiger partial charge >= 0.3 is 0 Å². The molecule has 144 valence electrons. The van der Waals surface area contributed by atoms with Crippen LogP contribution in [-0.4, -0.2) is 49.1 Å². The van der Waals surface area contributed by atoms with E-state index in [4.69, 9.17) is 0 Å². The van der Waals surface area contributed by atoms with Crippen molar-refractivity contribution >= 4 is 11.8 Å². The third kappa shape index (κ3) is 5.80.